The number of hydrogen-bond acceptors (Lipinski definition) is 0. The summed E-state index contributed by atoms with van der Waals surface area (Å²) >= 11 is 1.67. The first-order valence-electron chi connectivity index (χ1n) is 13.9. The summed E-state index contributed by atoms with van der Waals surface area (Å²) in [7, 11) is 0. The molecule has 0 saturated heterocycles. The van der Waals surface area contributed by atoms with Gasteiger partial charge in [0.25, 0.3) is 0 Å². The van der Waals surface area contributed by atoms with Crippen LogP contribution < -0.4 is 24.8 Å². The average Bonchev–Trinajstić information content (AvgIpc) is 3.51. The van der Waals surface area contributed by atoms with E-state index >= 15 is 0 Å². The molecule has 4 rings (SSSR count). The molecule has 1 aliphatic rings. The minimum atomic E-state index is 0. The summed E-state index contributed by atoms with van der Waals surface area (Å²) in [6, 6.07) is 25.1. The molecular weight excluding hydrogens is 583 g/mol. The summed E-state index contributed by atoms with van der Waals surface area (Å²) in [5, 5.41) is 0. The van der Waals surface area contributed by atoms with Gasteiger partial charge in [0.2, 0.25) is 0 Å². The van der Waals surface area contributed by atoms with E-state index in [1.165, 1.54) is 71.9 Å². The standard InChI is InChI=1S/C21H25.C9H18.C5H5.2ClH.Zr/c1-20(2,3)16-9-7-14-11-15-8-10-17(21(4,5)6)13-19(15)18(14)12-16;1-3-5-7-9-8-6-4-2;1-2-4-5-3-1;;;/h7,9-10,12-13H,11H2,1-6H3;3-8H2,1-2H3;1-5H;2*1H;/q-1;;-1;;;+2/p-2. The Morgan fingerprint density at radius 3 is 1.79 bits per heavy atom. The topological polar surface area (TPSA) is 0 Å². The van der Waals surface area contributed by atoms with Crippen molar-refractivity contribution < 1.29 is 49.0 Å². The van der Waals surface area contributed by atoms with E-state index in [2.05, 4.69) is 91.8 Å². The molecule has 0 fully saturated rings. The van der Waals surface area contributed by atoms with Gasteiger partial charge in [-0.15, -0.1) is 5.56 Å². The van der Waals surface area contributed by atoms with Crippen LogP contribution in [0, 0.1) is 6.07 Å². The van der Waals surface area contributed by atoms with Crippen LogP contribution in [0.25, 0.3) is 11.1 Å². The van der Waals surface area contributed by atoms with E-state index in [4.69, 9.17) is 0 Å². The Hall–Kier alpha value is -0.877. The zero-order chi connectivity index (χ0) is 26.8. The average molecular weight is 631 g/mol. The monoisotopic (exact) mass is 628 g/mol. The normalized spacial score (nSPS) is 11.4. The molecule has 0 saturated carbocycles. The molecule has 0 amide bonds. The predicted molar refractivity (Wildman–Crippen MR) is 157 cm³/mol. The largest absolute Gasteiger partial charge is 1.00 e. The number of fused-ring (bicyclic) bond motifs is 3. The molecule has 0 spiro atoms. The van der Waals surface area contributed by atoms with Crippen molar-refractivity contribution in [1.82, 2.24) is 0 Å². The maximum Gasteiger partial charge on any atom is -0.172 e. The first kappa shape index (κ1) is 37.1. The zero-order valence-corrected chi connectivity index (χ0v) is 28.9. The molecular formula is C35H48Cl2Zr-2. The van der Waals surface area contributed by atoms with E-state index in [9.17, 15) is 0 Å². The molecule has 0 nitrogen and oxygen atoms in total. The molecule has 1 aliphatic carbocycles. The van der Waals surface area contributed by atoms with Gasteiger partial charge in [-0.05, 0) is 17.4 Å². The molecule has 3 aromatic rings. The molecule has 0 aromatic heterocycles. The number of rotatable bonds is 6. The van der Waals surface area contributed by atoms with Crippen LogP contribution in [0.5, 0.6) is 0 Å². The molecule has 0 atom stereocenters. The molecule has 3 heteroatoms. The molecule has 0 radical (unpaired) electrons. The van der Waals surface area contributed by atoms with Gasteiger partial charge in [-0.25, -0.2) is 12.1 Å². The fourth-order valence-corrected chi connectivity index (χ4v) is 5.08. The quantitative estimate of drug-likeness (QED) is 0.281. The van der Waals surface area contributed by atoms with Crippen LogP contribution in [-0.2, 0) is 41.5 Å². The van der Waals surface area contributed by atoms with Gasteiger partial charge in [0.15, 0.2) is 0 Å². The van der Waals surface area contributed by atoms with Crippen molar-refractivity contribution >= 4 is 3.21 Å². The number of halogens is 2. The van der Waals surface area contributed by atoms with Gasteiger partial charge in [-0.1, -0.05) is 76.3 Å². The predicted octanol–water partition coefficient (Wildman–Crippen LogP) is 4.15. The fourth-order valence-electron chi connectivity index (χ4n) is 4.21. The first-order chi connectivity index (χ1) is 17.0. The summed E-state index contributed by atoms with van der Waals surface area (Å²) in [6.07, 6.45) is 9.34. The minimum Gasteiger partial charge on any atom is -1.00 e. The van der Waals surface area contributed by atoms with Crippen molar-refractivity contribution in [3.8, 4) is 11.1 Å². The Morgan fingerprint density at radius 1 is 0.816 bits per heavy atom. The summed E-state index contributed by atoms with van der Waals surface area (Å²) in [6.45, 7) is 18.2. The van der Waals surface area contributed by atoms with Crippen LogP contribution in [0.3, 0.4) is 0 Å². The van der Waals surface area contributed by atoms with Crippen LogP contribution in [0.15, 0.2) is 60.7 Å². The van der Waals surface area contributed by atoms with Crippen LogP contribution >= 0.6 is 0 Å². The second kappa shape index (κ2) is 17.7. The molecule has 208 valence electrons. The van der Waals surface area contributed by atoms with E-state index in [1.807, 2.05) is 30.3 Å². The van der Waals surface area contributed by atoms with Gasteiger partial charge in [0.1, 0.15) is 0 Å². The minimum absolute atomic E-state index is 0. The van der Waals surface area contributed by atoms with Crippen LogP contribution in [0.1, 0.15) is 116 Å². The van der Waals surface area contributed by atoms with Crippen molar-refractivity contribution in [2.45, 2.75) is 111 Å². The molecule has 38 heavy (non-hydrogen) atoms. The molecule has 0 bridgehead atoms. The Balaban J connectivity index is 0.000000676. The van der Waals surface area contributed by atoms with Crippen molar-refractivity contribution in [2.24, 2.45) is 0 Å². The SMILES string of the molecule is CC(C)(C)c1c[c-]c2c(c1)-c1cc(C(C)(C)C)ccc1C2.CCCC[C](=[Zr+2])CCCC.[Cl-].[Cl-].c1cc[cH-]c1. The Kier molecular flexibility index (Phi) is 17.3. The van der Waals surface area contributed by atoms with Gasteiger partial charge < -0.3 is 24.8 Å². The van der Waals surface area contributed by atoms with E-state index in [0.717, 1.165) is 6.42 Å². The van der Waals surface area contributed by atoms with E-state index in [0.29, 0.717) is 0 Å². The number of unbranched alkanes of at least 4 members (excludes halogenated alkanes) is 2. The molecule has 0 unspecified atom stereocenters. The Labute approximate surface area is 261 Å². The second-order valence-electron chi connectivity index (χ2n) is 12.1. The molecule has 0 heterocycles. The van der Waals surface area contributed by atoms with Gasteiger partial charge in [0, 0.05) is 0 Å². The third kappa shape index (κ3) is 12.1. The van der Waals surface area contributed by atoms with Crippen molar-refractivity contribution in [2.75, 3.05) is 0 Å². The van der Waals surface area contributed by atoms with Crippen molar-refractivity contribution in [1.29, 1.82) is 0 Å². The fraction of sp³-hybridized carbons (Fsp3) is 0.486. The number of benzene rings is 2. The van der Waals surface area contributed by atoms with Gasteiger partial charge in [-0.2, -0.15) is 47.5 Å². The van der Waals surface area contributed by atoms with Crippen LogP contribution in [-0.4, -0.2) is 3.21 Å². The third-order valence-electron chi connectivity index (χ3n) is 6.75. The third-order valence-corrected chi connectivity index (χ3v) is 7.97. The Bertz CT molecular complexity index is 978. The maximum absolute atomic E-state index is 3.53. The van der Waals surface area contributed by atoms with Crippen molar-refractivity contribution in [3.05, 3.63) is 89.0 Å². The molecule has 3 aromatic carbocycles. The van der Waals surface area contributed by atoms with Crippen LogP contribution in [0.4, 0.5) is 0 Å². The zero-order valence-electron chi connectivity index (χ0n) is 25.0. The van der Waals surface area contributed by atoms with Gasteiger partial charge in [0.05, 0.1) is 0 Å². The molecule has 0 N–H and O–H groups in total. The van der Waals surface area contributed by atoms with Crippen LogP contribution in [0.2, 0.25) is 0 Å². The maximum atomic E-state index is 3.53. The molecule has 0 aliphatic heterocycles. The first-order valence-corrected chi connectivity index (χ1v) is 15.1. The van der Waals surface area contributed by atoms with E-state index in [-0.39, 0.29) is 35.6 Å². The summed E-state index contributed by atoms with van der Waals surface area (Å²) in [4.78, 5) is 0. The Morgan fingerprint density at radius 2 is 1.34 bits per heavy atom. The van der Waals surface area contributed by atoms with E-state index < -0.39 is 0 Å². The second-order valence-corrected chi connectivity index (χ2v) is 13.8. The van der Waals surface area contributed by atoms with Crippen molar-refractivity contribution in [3.63, 3.8) is 0 Å². The van der Waals surface area contributed by atoms with Gasteiger partial charge >= 0.3 is 79.8 Å². The van der Waals surface area contributed by atoms with E-state index in [1.54, 1.807) is 27.4 Å². The summed E-state index contributed by atoms with van der Waals surface area (Å²) < 4.78 is 1.79. The summed E-state index contributed by atoms with van der Waals surface area (Å²) in [5.41, 5.74) is 8.76. The number of hydrogen-bond donors (Lipinski definition) is 0. The summed E-state index contributed by atoms with van der Waals surface area (Å²) in [5.74, 6) is 0. The smallest absolute Gasteiger partial charge is 0.172 e. The van der Waals surface area contributed by atoms with Gasteiger partial charge in [-0.3, -0.25) is 0 Å².